The number of unbranched alkanes of at least 4 members (excludes halogenated alkanes) is 4. The molecule has 1 fully saturated rings. The number of ketones is 4. The van der Waals surface area contributed by atoms with Gasteiger partial charge < -0.3 is 37.3 Å². The second-order valence-corrected chi connectivity index (χ2v) is 18.1. The van der Waals surface area contributed by atoms with Gasteiger partial charge >= 0.3 is 0 Å². The van der Waals surface area contributed by atoms with Gasteiger partial charge in [-0.3, -0.25) is 28.8 Å². The van der Waals surface area contributed by atoms with Gasteiger partial charge in [0, 0.05) is 66.8 Å². The van der Waals surface area contributed by atoms with Gasteiger partial charge in [-0.05, 0) is 111 Å². The standard InChI is InChI=1S/C52H71N5O8/c1-5-6-7-8-9-10-35-11-16-40(33(3)25-35)45(59)30-39(19-20-53)51(62)57-50-38-15-18-49(65-24-22-55)43(29-38)42-27-36(12-17-48(42)64-23-21-54)28-44(46(60)26-32(2)34(4)58)56-52(63)41(31-47(50)61)37-13-14-37/h11-12,15-18,25,27,29,32,37,39,41,44,50H,5-10,13-14,19-24,26,28,30-31,53-55H2,1-4H3,(H,56,63)(H,57,62)/t32-,39-,41+,44+,50+/m1/s1. The number of carbonyl (C=O) groups is 6. The van der Waals surface area contributed by atoms with Gasteiger partial charge in [-0.2, -0.15) is 0 Å². The van der Waals surface area contributed by atoms with Crippen LogP contribution in [0.1, 0.15) is 130 Å². The molecule has 3 aromatic rings. The third-order valence-electron chi connectivity index (χ3n) is 12.8. The molecule has 5 atom stereocenters. The normalized spacial score (nSPS) is 18.5. The molecule has 0 unspecified atom stereocenters. The first-order valence-electron chi connectivity index (χ1n) is 23.7. The van der Waals surface area contributed by atoms with Crippen LogP contribution in [0.25, 0.3) is 11.1 Å². The number of hydrogen-bond donors (Lipinski definition) is 5. The molecule has 5 rings (SSSR count). The van der Waals surface area contributed by atoms with Crippen LogP contribution in [0.15, 0.2) is 54.6 Å². The third kappa shape index (κ3) is 14.4. The van der Waals surface area contributed by atoms with Gasteiger partial charge in [0.15, 0.2) is 17.3 Å². The highest BCUT2D eigenvalue weighted by molar-refractivity contribution is 6.01. The highest BCUT2D eigenvalue weighted by atomic mass is 16.5. The van der Waals surface area contributed by atoms with E-state index in [1.54, 1.807) is 31.2 Å². The first kappa shape index (κ1) is 50.8. The zero-order valence-corrected chi connectivity index (χ0v) is 38.9. The SMILES string of the molecule is CCCCCCCc1ccc(C(=O)C[C@@H](CCN)C(=O)N[C@@H]2C(=O)C[C@@H](C3CC3)C(=O)N[C@H](C(=O)C[C@@H](C)C(C)=O)Cc3ccc(OCCN)c(c3)-c3cc2ccc3OCCN)c(C)c1. The Hall–Kier alpha value is -5.24. The summed E-state index contributed by atoms with van der Waals surface area (Å²) in [5, 5.41) is 6.00. The molecule has 1 saturated carbocycles. The molecule has 352 valence electrons. The van der Waals surface area contributed by atoms with Crippen molar-refractivity contribution in [1.29, 1.82) is 0 Å². The third-order valence-corrected chi connectivity index (χ3v) is 12.8. The van der Waals surface area contributed by atoms with Crippen molar-refractivity contribution in [3.8, 4) is 22.6 Å². The summed E-state index contributed by atoms with van der Waals surface area (Å²) in [6.07, 6.45) is 8.18. The van der Waals surface area contributed by atoms with Gasteiger partial charge in [0.25, 0.3) is 0 Å². The number of nitrogens with two attached hydrogens (primary N) is 3. The molecule has 2 aliphatic rings. The van der Waals surface area contributed by atoms with Crippen LogP contribution in [0.2, 0.25) is 0 Å². The molecule has 0 spiro atoms. The van der Waals surface area contributed by atoms with Crippen LogP contribution < -0.4 is 37.3 Å². The Bertz CT molecular complexity index is 2150. The number of rotatable bonds is 24. The number of nitrogens with one attached hydrogen (secondary N) is 2. The minimum atomic E-state index is -1.24. The summed E-state index contributed by atoms with van der Waals surface area (Å²) in [5.74, 6) is -3.37. The van der Waals surface area contributed by atoms with E-state index in [0.717, 1.165) is 37.7 Å². The predicted molar refractivity (Wildman–Crippen MR) is 253 cm³/mol. The average Bonchev–Trinajstić information content (AvgIpc) is 4.13. The van der Waals surface area contributed by atoms with Crippen molar-refractivity contribution >= 4 is 34.9 Å². The lowest BCUT2D eigenvalue weighted by molar-refractivity contribution is -0.135. The highest BCUT2D eigenvalue weighted by Gasteiger charge is 2.41. The van der Waals surface area contributed by atoms with Gasteiger partial charge in [-0.15, -0.1) is 0 Å². The Morgan fingerprint density at radius 3 is 2.12 bits per heavy atom. The van der Waals surface area contributed by atoms with E-state index < -0.39 is 47.4 Å². The van der Waals surface area contributed by atoms with E-state index in [1.165, 1.54) is 31.7 Å². The smallest absolute Gasteiger partial charge is 0.224 e. The van der Waals surface area contributed by atoms with E-state index in [4.69, 9.17) is 26.7 Å². The number of Topliss-reactive ketones (excluding diaryl/α,β-unsaturated/α-hetero) is 4. The molecular weight excluding hydrogens is 823 g/mol. The Labute approximate surface area is 384 Å². The number of fused-ring (bicyclic) bond motifs is 5. The molecule has 2 amide bonds. The first-order valence-corrected chi connectivity index (χ1v) is 23.7. The molecule has 0 radical (unpaired) electrons. The Kier molecular flexibility index (Phi) is 19.4. The molecule has 0 aromatic heterocycles. The molecule has 4 bridgehead atoms. The van der Waals surface area contributed by atoms with Crippen molar-refractivity contribution in [3.05, 3.63) is 82.4 Å². The van der Waals surface area contributed by atoms with Crippen LogP contribution in [0.4, 0.5) is 0 Å². The molecule has 13 heteroatoms. The lowest BCUT2D eigenvalue weighted by atomic mass is 9.86. The number of amides is 2. The van der Waals surface area contributed by atoms with Crippen LogP contribution in [-0.2, 0) is 36.8 Å². The molecule has 8 N–H and O–H groups in total. The first-order chi connectivity index (χ1) is 31.3. The number of carbonyl (C=O) groups excluding carboxylic acids is 6. The lowest BCUT2D eigenvalue weighted by Crippen LogP contribution is -2.47. The van der Waals surface area contributed by atoms with Crippen molar-refractivity contribution in [1.82, 2.24) is 10.6 Å². The number of aryl methyl sites for hydroxylation is 2. The van der Waals surface area contributed by atoms with Crippen molar-refractivity contribution < 1.29 is 38.2 Å². The largest absolute Gasteiger partial charge is 0.492 e. The minimum Gasteiger partial charge on any atom is -0.492 e. The predicted octanol–water partition coefficient (Wildman–Crippen LogP) is 6.46. The Morgan fingerprint density at radius 1 is 0.815 bits per heavy atom. The summed E-state index contributed by atoms with van der Waals surface area (Å²) in [6, 6.07) is 14.3. The highest BCUT2D eigenvalue weighted by Crippen LogP contribution is 2.42. The van der Waals surface area contributed by atoms with E-state index >= 15 is 0 Å². The fourth-order valence-corrected chi connectivity index (χ4v) is 8.69. The molecule has 1 heterocycles. The summed E-state index contributed by atoms with van der Waals surface area (Å²) >= 11 is 0. The second kappa shape index (κ2) is 24.9. The van der Waals surface area contributed by atoms with Gasteiger partial charge in [-0.25, -0.2) is 0 Å². The number of ether oxygens (including phenoxy) is 2. The zero-order valence-electron chi connectivity index (χ0n) is 38.9. The lowest BCUT2D eigenvalue weighted by Gasteiger charge is -2.27. The van der Waals surface area contributed by atoms with Gasteiger partial charge in [0.1, 0.15) is 36.5 Å². The maximum atomic E-state index is 14.8. The van der Waals surface area contributed by atoms with E-state index in [1.807, 2.05) is 31.2 Å². The number of hydrogen-bond acceptors (Lipinski definition) is 11. The van der Waals surface area contributed by atoms with Crippen LogP contribution in [0.3, 0.4) is 0 Å². The fraction of sp³-hybridized carbons (Fsp3) is 0.538. The van der Waals surface area contributed by atoms with Crippen molar-refractivity contribution in [3.63, 3.8) is 0 Å². The maximum absolute atomic E-state index is 14.8. The van der Waals surface area contributed by atoms with Crippen LogP contribution >= 0.6 is 0 Å². The topological polar surface area (TPSA) is 223 Å². The molecule has 1 aliphatic carbocycles. The molecule has 65 heavy (non-hydrogen) atoms. The molecule has 0 saturated heterocycles. The zero-order chi connectivity index (χ0) is 47.0. The van der Waals surface area contributed by atoms with Crippen molar-refractivity contribution in [2.45, 2.75) is 123 Å². The van der Waals surface area contributed by atoms with Crippen molar-refractivity contribution in [2.24, 2.45) is 40.9 Å². The summed E-state index contributed by atoms with van der Waals surface area (Å²) in [6.45, 7) is 8.19. The summed E-state index contributed by atoms with van der Waals surface area (Å²) in [4.78, 5) is 83.8. The number of benzene rings is 3. The maximum Gasteiger partial charge on any atom is 0.224 e. The molecule has 1 aliphatic heterocycles. The monoisotopic (exact) mass is 894 g/mol. The average molecular weight is 894 g/mol. The van der Waals surface area contributed by atoms with Gasteiger partial charge in [0.05, 0.1) is 6.04 Å². The quantitative estimate of drug-likeness (QED) is 0.0485. The van der Waals surface area contributed by atoms with E-state index in [0.29, 0.717) is 39.3 Å². The van der Waals surface area contributed by atoms with Crippen LogP contribution in [0.5, 0.6) is 11.5 Å². The van der Waals surface area contributed by atoms with E-state index in [-0.39, 0.29) is 88.2 Å². The van der Waals surface area contributed by atoms with E-state index in [2.05, 4.69) is 23.6 Å². The molecule has 3 aromatic carbocycles. The minimum absolute atomic E-state index is 0.0678. The van der Waals surface area contributed by atoms with Gasteiger partial charge in [0.2, 0.25) is 11.8 Å². The van der Waals surface area contributed by atoms with Crippen LogP contribution in [0, 0.1) is 30.6 Å². The van der Waals surface area contributed by atoms with Gasteiger partial charge in [-0.1, -0.05) is 69.9 Å². The Balaban J connectivity index is 1.54. The molecular formula is C52H71N5O8. The summed E-state index contributed by atoms with van der Waals surface area (Å²) < 4.78 is 12.3. The van der Waals surface area contributed by atoms with Crippen LogP contribution in [-0.4, -0.2) is 73.8 Å². The summed E-state index contributed by atoms with van der Waals surface area (Å²) in [5.41, 5.74) is 22.6. The van der Waals surface area contributed by atoms with Crippen molar-refractivity contribution in [2.75, 3.05) is 32.8 Å². The molecule has 13 nitrogen and oxygen atoms in total. The summed E-state index contributed by atoms with van der Waals surface area (Å²) in [7, 11) is 0. The van der Waals surface area contributed by atoms with E-state index in [9.17, 15) is 28.8 Å². The fourth-order valence-electron chi connectivity index (χ4n) is 8.69. The second-order valence-electron chi connectivity index (χ2n) is 18.1. The Morgan fingerprint density at radius 2 is 1.49 bits per heavy atom.